The summed E-state index contributed by atoms with van der Waals surface area (Å²) in [5, 5.41) is 34.6. The van der Waals surface area contributed by atoms with E-state index in [2.05, 4.69) is 20.8 Å². The molecule has 7 rings (SSSR count). The molecule has 2 aliphatic rings. The Kier molecular flexibility index (Phi) is 13.6. The maximum atomic E-state index is 14.5. The highest BCUT2D eigenvalue weighted by Crippen LogP contribution is 2.49. The highest BCUT2D eigenvalue weighted by atomic mass is 28.4. The fourth-order valence-electron chi connectivity index (χ4n) is 9.50. The van der Waals surface area contributed by atoms with Crippen LogP contribution in [-0.4, -0.2) is 54.8 Å². The van der Waals surface area contributed by atoms with Gasteiger partial charge in [0.25, 0.3) is 8.32 Å². The molecule has 65 heavy (non-hydrogen) atoms. The molecule has 5 aromatic rings. The average molecular weight is 918 g/mol. The van der Waals surface area contributed by atoms with Crippen molar-refractivity contribution in [2.45, 2.75) is 70.1 Å². The first-order valence-corrected chi connectivity index (χ1v) is 23.1. The molecule has 15 heteroatoms. The number of aliphatic hydroxyl groups excluding tert-OH is 3. The molecular formula is C50H49F6NO7Si. The van der Waals surface area contributed by atoms with Crippen LogP contribution in [0.2, 0.25) is 5.04 Å². The average Bonchev–Trinajstić information content (AvgIpc) is 3.84. The minimum atomic E-state index is -5.25. The van der Waals surface area contributed by atoms with E-state index in [1.54, 1.807) is 18.2 Å². The number of fused-ring (bicyclic) bond motifs is 1. The number of carbonyl (C=O) groups is 2. The first-order valence-electron chi connectivity index (χ1n) is 21.2. The molecule has 1 aromatic heterocycles. The van der Waals surface area contributed by atoms with Gasteiger partial charge in [-0.25, -0.2) is 4.90 Å². The third kappa shape index (κ3) is 9.57. The fourth-order valence-corrected chi connectivity index (χ4v) is 14.0. The molecule has 0 unspecified atom stereocenters. The Bertz CT molecular complexity index is 2480. The number of benzene rings is 4. The molecule has 3 N–H and O–H groups in total. The van der Waals surface area contributed by atoms with Crippen LogP contribution in [0, 0.1) is 17.8 Å². The lowest BCUT2D eigenvalue weighted by Gasteiger charge is -2.44. The number of carbonyl (C=O) groups excluding carboxylic acids is 2. The minimum Gasteiger partial charge on any atom is -0.459 e. The largest absolute Gasteiger partial charge is 0.459 e. The van der Waals surface area contributed by atoms with E-state index in [1.807, 2.05) is 91.0 Å². The monoisotopic (exact) mass is 917 g/mol. The van der Waals surface area contributed by atoms with E-state index in [1.165, 1.54) is 0 Å². The SMILES string of the molecule is CC(C)(C)[Si](OCC1=C([C@H](O)CC/C(=C/c2ccc(CO)o2)c2ccccc2)[C@H](CO)[C@@H]2C(=O)N(c3cc(C(F)(F)F)cc(C(F)(F)F)c3)C(=O)[C@@H]2C1)(c1ccccc1)c1ccccc1. The van der Waals surface area contributed by atoms with Gasteiger partial charge >= 0.3 is 12.4 Å². The molecular weight excluding hydrogens is 869 g/mol. The van der Waals surface area contributed by atoms with Crippen molar-refractivity contribution in [2.24, 2.45) is 17.8 Å². The summed E-state index contributed by atoms with van der Waals surface area (Å²) in [6.07, 6.45) is -10.1. The van der Waals surface area contributed by atoms with Crippen LogP contribution >= 0.6 is 0 Å². The van der Waals surface area contributed by atoms with Gasteiger partial charge < -0.3 is 24.2 Å². The molecule has 2 heterocycles. The molecule has 4 aromatic carbocycles. The van der Waals surface area contributed by atoms with E-state index in [0.717, 1.165) is 21.5 Å². The van der Waals surface area contributed by atoms with Gasteiger partial charge in [-0.3, -0.25) is 9.59 Å². The predicted octanol–water partition coefficient (Wildman–Crippen LogP) is 9.18. The Labute approximate surface area is 373 Å². The Hall–Kier alpha value is -5.58. The molecule has 8 nitrogen and oxygen atoms in total. The Morgan fingerprint density at radius 2 is 1.35 bits per heavy atom. The molecule has 1 aliphatic carbocycles. The molecule has 4 atom stereocenters. The lowest BCUT2D eigenvalue weighted by molar-refractivity contribution is -0.143. The standard InChI is InChI=1S/C50H49F6NO7Si/c1-48(2,3)65(39-15-9-5-10-16-39,40-17-11-6-12-18-40)63-30-33-24-41-45(47(62)57(46(41)61)36-26-34(49(51,52)53)25-35(27-36)50(54,55)56)42(29-59)44(33)43(60)22-19-32(31-13-7-4-8-14-31)23-37-20-21-38(28-58)64-37/h4-18,20-21,23,25-27,41-43,45,58-60H,19,22,24,28-30H2,1-3H3/b32-23-/t41-,42+,43-,45-/m1/s1. The molecule has 342 valence electrons. The summed E-state index contributed by atoms with van der Waals surface area (Å²) in [5.41, 5.74) is -2.18. The highest BCUT2D eigenvalue weighted by molar-refractivity contribution is 6.99. The van der Waals surface area contributed by atoms with Gasteiger partial charge in [0.05, 0.1) is 48.0 Å². The number of anilines is 1. The first kappa shape index (κ1) is 47.4. The molecule has 0 radical (unpaired) electrons. The van der Waals surface area contributed by atoms with Crippen LogP contribution in [0.1, 0.15) is 68.2 Å². The van der Waals surface area contributed by atoms with Crippen molar-refractivity contribution in [3.05, 3.63) is 161 Å². The van der Waals surface area contributed by atoms with Gasteiger partial charge in [-0.1, -0.05) is 112 Å². The maximum absolute atomic E-state index is 14.5. The number of hydrogen-bond donors (Lipinski definition) is 3. The summed E-state index contributed by atoms with van der Waals surface area (Å²) in [6, 6.07) is 32.4. The van der Waals surface area contributed by atoms with Gasteiger partial charge in [0.15, 0.2) is 0 Å². The van der Waals surface area contributed by atoms with Crippen LogP contribution in [-0.2, 0) is 33.0 Å². The van der Waals surface area contributed by atoms with E-state index < -0.39 is 84.8 Å². The van der Waals surface area contributed by atoms with E-state index in [9.17, 15) is 51.3 Å². The van der Waals surface area contributed by atoms with Crippen molar-refractivity contribution in [1.29, 1.82) is 0 Å². The third-order valence-electron chi connectivity index (χ3n) is 12.4. The molecule has 0 saturated carbocycles. The maximum Gasteiger partial charge on any atom is 0.416 e. The zero-order valence-electron chi connectivity index (χ0n) is 35.9. The van der Waals surface area contributed by atoms with E-state index in [0.29, 0.717) is 34.1 Å². The van der Waals surface area contributed by atoms with Crippen molar-refractivity contribution in [3.8, 4) is 0 Å². The van der Waals surface area contributed by atoms with Gasteiger partial charge in [-0.15, -0.1) is 0 Å². The van der Waals surface area contributed by atoms with Crippen LogP contribution in [0.15, 0.2) is 137 Å². The van der Waals surface area contributed by atoms with Gasteiger partial charge in [0.2, 0.25) is 11.8 Å². The number of hydrogen-bond acceptors (Lipinski definition) is 7. The summed E-state index contributed by atoms with van der Waals surface area (Å²) in [6.45, 7) is 4.85. The molecule has 2 amide bonds. The summed E-state index contributed by atoms with van der Waals surface area (Å²) in [7, 11) is -3.32. The van der Waals surface area contributed by atoms with Gasteiger partial charge in [0, 0.05) is 5.92 Å². The number of imide groups is 1. The zero-order chi connectivity index (χ0) is 46.9. The predicted molar refractivity (Wildman–Crippen MR) is 236 cm³/mol. The number of alkyl halides is 6. The lowest BCUT2D eigenvalue weighted by Crippen LogP contribution is -2.66. The van der Waals surface area contributed by atoms with Crippen molar-refractivity contribution < 1.29 is 60.1 Å². The van der Waals surface area contributed by atoms with E-state index in [4.69, 9.17) is 8.84 Å². The number of nitrogens with zero attached hydrogens (tertiary/aromatic N) is 1. The quantitative estimate of drug-likeness (QED) is 0.0440. The summed E-state index contributed by atoms with van der Waals surface area (Å²) in [5.74, 6) is -5.39. The van der Waals surface area contributed by atoms with Gasteiger partial charge in [-0.05, 0) is 93.4 Å². The molecule has 0 bridgehead atoms. The van der Waals surface area contributed by atoms with Gasteiger partial charge in [0.1, 0.15) is 18.1 Å². The summed E-state index contributed by atoms with van der Waals surface area (Å²) < 4.78 is 97.4. The van der Waals surface area contributed by atoms with Crippen molar-refractivity contribution in [1.82, 2.24) is 0 Å². The third-order valence-corrected chi connectivity index (χ3v) is 17.4. The minimum absolute atomic E-state index is 0.00858. The van der Waals surface area contributed by atoms with E-state index >= 15 is 0 Å². The van der Waals surface area contributed by atoms with Crippen molar-refractivity contribution >= 4 is 47.8 Å². The van der Waals surface area contributed by atoms with Gasteiger partial charge in [-0.2, -0.15) is 26.3 Å². The molecule has 0 spiro atoms. The van der Waals surface area contributed by atoms with Crippen molar-refractivity contribution in [3.63, 3.8) is 0 Å². The van der Waals surface area contributed by atoms with Crippen LogP contribution in [0.3, 0.4) is 0 Å². The number of furan rings is 1. The Balaban J connectivity index is 1.34. The molecule has 1 aliphatic heterocycles. The topological polar surface area (TPSA) is 120 Å². The van der Waals surface area contributed by atoms with E-state index in [-0.39, 0.29) is 44.1 Å². The number of allylic oxidation sites excluding steroid dienone is 1. The highest BCUT2D eigenvalue weighted by Gasteiger charge is 2.57. The number of aliphatic hydroxyl groups is 3. The smallest absolute Gasteiger partial charge is 0.416 e. The van der Waals surface area contributed by atoms with Crippen LogP contribution < -0.4 is 15.3 Å². The second-order valence-corrected chi connectivity index (χ2v) is 21.8. The number of amides is 2. The second kappa shape index (κ2) is 18.7. The summed E-state index contributed by atoms with van der Waals surface area (Å²) >= 11 is 0. The number of rotatable bonds is 14. The second-order valence-electron chi connectivity index (χ2n) is 17.5. The normalized spacial score (nSPS) is 19.2. The van der Waals surface area contributed by atoms with Crippen LogP contribution in [0.5, 0.6) is 0 Å². The lowest BCUT2D eigenvalue weighted by atomic mass is 9.68. The Morgan fingerprint density at radius 3 is 1.85 bits per heavy atom. The first-order chi connectivity index (χ1) is 30.8. The van der Waals surface area contributed by atoms with Crippen LogP contribution in [0.4, 0.5) is 32.0 Å². The van der Waals surface area contributed by atoms with Crippen LogP contribution in [0.25, 0.3) is 11.6 Å². The number of halogens is 6. The zero-order valence-corrected chi connectivity index (χ0v) is 36.9. The van der Waals surface area contributed by atoms with Crippen molar-refractivity contribution in [2.75, 3.05) is 18.1 Å². The summed E-state index contributed by atoms with van der Waals surface area (Å²) in [4.78, 5) is 29.3. The molecule has 1 fully saturated rings. The Morgan fingerprint density at radius 1 is 0.800 bits per heavy atom. The fraction of sp³-hybridized carbons (Fsp3) is 0.320. The molecule has 1 saturated heterocycles.